The van der Waals surface area contributed by atoms with E-state index < -0.39 is 5.97 Å². The van der Waals surface area contributed by atoms with E-state index in [2.05, 4.69) is 0 Å². The van der Waals surface area contributed by atoms with E-state index >= 15 is 0 Å². The highest BCUT2D eigenvalue weighted by atomic mass is 35.5. The number of aryl methyl sites for hydroxylation is 2. The zero-order chi connectivity index (χ0) is 11.7. The van der Waals surface area contributed by atoms with Gasteiger partial charge in [-0.05, 0) is 42.4 Å². The van der Waals surface area contributed by atoms with Crippen molar-refractivity contribution in [1.82, 2.24) is 0 Å². The van der Waals surface area contributed by atoms with Crippen molar-refractivity contribution in [3.8, 4) is 5.75 Å². The minimum Gasteiger partial charge on any atom is -0.506 e. The summed E-state index contributed by atoms with van der Waals surface area (Å²) in [7, 11) is 0. The molecule has 1 aliphatic carbocycles. The van der Waals surface area contributed by atoms with Crippen molar-refractivity contribution < 1.29 is 15.0 Å². The molecule has 0 heterocycles. The molecule has 0 fully saturated rings. The van der Waals surface area contributed by atoms with Crippen molar-refractivity contribution in [3.63, 3.8) is 0 Å². The van der Waals surface area contributed by atoms with Crippen LogP contribution in [0.4, 0.5) is 0 Å². The molecule has 0 saturated heterocycles. The quantitative estimate of drug-likeness (QED) is 0.854. The third-order valence-electron chi connectivity index (χ3n) is 2.99. The normalized spacial score (nSPS) is 13.8. The molecular weight excluding hydrogens is 228 g/mol. The van der Waals surface area contributed by atoms with Crippen molar-refractivity contribution in [1.29, 1.82) is 0 Å². The average molecular weight is 241 g/mol. The van der Waals surface area contributed by atoms with Gasteiger partial charge in [0.05, 0.1) is 5.02 Å². The fraction of sp³-hybridized carbons (Fsp3) is 0.417. The number of aliphatic carboxylic acids is 1. The number of carboxylic acid groups (broad SMARTS) is 1. The number of carbonyl (C=O) groups is 1. The number of phenolic OH excluding ortho intramolecular Hbond substituents is 1. The fourth-order valence-electron chi connectivity index (χ4n) is 2.17. The van der Waals surface area contributed by atoms with E-state index in [9.17, 15) is 9.90 Å². The topological polar surface area (TPSA) is 57.5 Å². The molecule has 1 aromatic rings. The van der Waals surface area contributed by atoms with Gasteiger partial charge in [-0.1, -0.05) is 17.7 Å². The first-order valence-electron chi connectivity index (χ1n) is 5.33. The number of aromatic hydroxyl groups is 1. The number of halogens is 1. The summed E-state index contributed by atoms with van der Waals surface area (Å²) in [6.07, 6.45) is 3.27. The van der Waals surface area contributed by atoms with Crippen LogP contribution in [-0.2, 0) is 24.1 Å². The van der Waals surface area contributed by atoms with Crippen LogP contribution in [0.1, 0.15) is 29.5 Å². The highest BCUT2D eigenvalue weighted by Gasteiger charge is 2.20. The van der Waals surface area contributed by atoms with E-state index in [4.69, 9.17) is 16.7 Å². The smallest absolute Gasteiger partial charge is 0.303 e. The second kappa shape index (κ2) is 4.34. The molecule has 1 aliphatic rings. The molecule has 0 bridgehead atoms. The Balaban J connectivity index is 2.32. The lowest BCUT2D eigenvalue weighted by Gasteiger charge is -2.10. The summed E-state index contributed by atoms with van der Waals surface area (Å²) in [4.78, 5) is 10.5. The molecule has 4 heteroatoms. The van der Waals surface area contributed by atoms with E-state index in [0.29, 0.717) is 17.0 Å². The number of phenols is 1. The predicted octanol–water partition coefficient (Wildman–Crippen LogP) is 2.55. The second-order valence-electron chi connectivity index (χ2n) is 4.08. The number of rotatable bonds is 3. The maximum Gasteiger partial charge on any atom is 0.303 e. The highest BCUT2D eigenvalue weighted by molar-refractivity contribution is 6.33. The van der Waals surface area contributed by atoms with Crippen molar-refractivity contribution in [2.45, 2.75) is 32.1 Å². The van der Waals surface area contributed by atoms with Gasteiger partial charge in [0.1, 0.15) is 5.75 Å². The third kappa shape index (κ3) is 2.00. The van der Waals surface area contributed by atoms with Gasteiger partial charge in [0.2, 0.25) is 0 Å². The lowest BCUT2D eigenvalue weighted by Crippen LogP contribution is -1.99. The second-order valence-corrected chi connectivity index (χ2v) is 4.46. The summed E-state index contributed by atoms with van der Waals surface area (Å²) < 4.78 is 0. The van der Waals surface area contributed by atoms with Crippen LogP contribution >= 0.6 is 11.6 Å². The van der Waals surface area contributed by atoms with Gasteiger partial charge >= 0.3 is 5.97 Å². The molecule has 0 spiro atoms. The molecule has 16 heavy (non-hydrogen) atoms. The monoisotopic (exact) mass is 240 g/mol. The fourth-order valence-corrected chi connectivity index (χ4v) is 2.51. The Morgan fingerprint density at radius 3 is 2.88 bits per heavy atom. The Labute approximate surface area is 98.7 Å². The van der Waals surface area contributed by atoms with E-state index in [-0.39, 0.29) is 12.2 Å². The lowest BCUT2D eigenvalue weighted by atomic mass is 10.0. The van der Waals surface area contributed by atoms with Crippen LogP contribution in [-0.4, -0.2) is 16.2 Å². The molecule has 0 saturated carbocycles. The van der Waals surface area contributed by atoms with Crippen LogP contribution in [0.3, 0.4) is 0 Å². The number of benzene rings is 1. The first-order valence-corrected chi connectivity index (χ1v) is 5.71. The third-order valence-corrected chi connectivity index (χ3v) is 3.40. The minimum atomic E-state index is -0.865. The molecule has 0 unspecified atom stereocenters. The van der Waals surface area contributed by atoms with Crippen LogP contribution in [0.15, 0.2) is 6.07 Å². The van der Waals surface area contributed by atoms with Gasteiger partial charge < -0.3 is 10.2 Å². The summed E-state index contributed by atoms with van der Waals surface area (Å²) in [6, 6.07) is 1.90. The highest BCUT2D eigenvalue weighted by Crippen LogP contribution is 2.38. The van der Waals surface area contributed by atoms with Gasteiger partial charge in [0.15, 0.2) is 0 Å². The number of hydrogen-bond acceptors (Lipinski definition) is 2. The van der Waals surface area contributed by atoms with Gasteiger partial charge in [0.25, 0.3) is 0 Å². The van der Waals surface area contributed by atoms with E-state index in [1.807, 2.05) is 6.07 Å². The maximum absolute atomic E-state index is 10.5. The standard InChI is InChI=1S/C12H13ClO3/c13-11-9-3-1-2-7(9)6-8(12(11)16)4-5-10(14)15/h6,16H,1-5H2,(H,14,15). The molecule has 2 rings (SSSR count). The molecule has 0 aromatic heterocycles. The van der Waals surface area contributed by atoms with Gasteiger partial charge in [-0.2, -0.15) is 0 Å². The molecule has 0 radical (unpaired) electrons. The lowest BCUT2D eigenvalue weighted by molar-refractivity contribution is -0.136. The van der Waals surface area contributed by atoms with Crippen LogP contribution in [0.5, 0.6) is 5.75 Å². The number of fused-ring (bicyclic) bond motifs is 1. The molecule has 1 aromatic carbocycles. The molecular formula is C12H13ClO3. The minimum absolute atomic E-state index is 0.0165. The van der Waals surface area contributed by atoms with Crippen molar-refractivity contribution in [2.24, 2.45) is 0 Å². The summed E-state index contributed by atoms with van der Waals surface area (Å²) in [5.74, 6) is -0.806. The maximum atomic E-state index is 10.5. The Kier molecular flexibility index (Phi) is 3.06. The van der Waals surface area contributed by atoms with E-state index in [1.54, 1.807) is 0 Å². The summed E-state index contributed by atoms with van der Waals surface area (Å²) in [5, 5.41) is 18.9. The molecule has 0 atom stereocenters. The van der Waals surface area contributed by atoms with Crippen LogP contribution in [0.2, 0.25) is 5.02 Å². The molecule has 86 valence electrons. The molecule has 2 N–H and O–H groups in total. The van der Waals surface area contributed by atoms with E-state index in [1.165, 1.54) is 0 Å². The van der Waals surface area contributed by atoms with Crippen LogP contribution in [0, 0.1) is 0 Å². The summed E-state index contributed by atoms with van der Waals surface area (Å²) >= 11 is 6.06. The molecule has 3 nitrogen and oxygen atoms in total. The first-order chi connectivity index (χ1) is 7.59. The summed E-state index contributed by atoms with van der Waals surface area (Å²) in [5.41, 5.74) is 2.83. The largest absolute Gasteiger partial charge is 0.506 e. The van der Waals surface area contributed by atoms with Crippen molar-refractivity contribution in [2.75, 3.05) is 0 Å². The SMILES string of the molecule is O=C(O)CCc1cc2c(c(Cl)c1O)CCC2. The zero-order valence-electron chi connectivity index (χ0n) is 8.79. The Morgan fingerprint density at radius 1 is 1.44 bits per heavy atom. The Hall–Kier alpha value is -1.22. The van der Waals surface area contributed by atoms with Crippen LogP contribution in [0.25, 0.3) is 0 Å². The first kappa shape index (κ1) is 11.3. The van der Waals surface area contributed by atoms with Gasteiger partial charge in [0, 0.05) is 6.42 Å². The Bertz CT molecular complexity index is 440. The average Bonchev–Trinajstić information content (AvgIpc) is 2.69. The van der Waals surface area contributed by atoms with Gasteiger partial charge in [-0.25, -0.2) is 0 Å². The molecule has 0 amide bonds. The summed E-state index contributed by atoms with van der Waals surface area (Å²) in [6.45, 7) is 0. The van der Waals surface area contributed by atoms with Gasteiger partial charge in [-0.15, -0.1) is 0 Å². The van der Waals surface area contributed by atoms with Crippen molar-refractivity contribution in [3.05, 3.63) is 27.8 Å². The number of hydrogen-bond donors (Lipinski definition) is 2. The predicted molar refractivity (Wildman–Crippen MR) is 61.1 cm³/mol. The molecule has 0 aliphatic heterocycles. The van der Waals surface area contributed by atoms with Gasteiger partial charge in [-0.3, -0.25) is 4.79 Å². The number of carboxylic acids is 1. The Morgan fingerprint density at radius 2 is 2.19 bits per heavy atom. The van der Waals surface area contributed by atoms with Crippen LogP contribution < -0.4 is 0 Å². The zero-order valence-corrected chi connectivity index (χ0v) is 9.55. The van der Waals surface area contributed by atoms with E-state index in [0.717, 1.165) is 30.4 Å². The van der Waals surface area contributed by atoms with Crippen molar-refractivity contribution >= 4 is 17.6 Å².